The van der Waals surface area contributed by atoms with Crippen molar-refractivity contribution in [1.29, 1.82) is 0 Å². The monoisotopic (exact) mass is 630 g/mol. The Morgan fingerprint density at radius 2 is 0.769 bits per heavy atom. The molecular weight excluding hydrogens is 591 g/mol. The molecular formula is C34H41Cl3SiTi. The molecule has 0 N–H and O–H groups in total. The van der Waals surface area contributed by atoms with Crippen LogP contribution in [0.15, 0.2) is 84.9 Å². The minimum absolute atomic E-state index is 0. The molecule has 0 saturated heterocycles. The molecule has 0 radical (unpaired) electrons. The predicted molar refractivity (Wildman–Crippen MR) is 157 cm³/mol. The largest absolute Gasteiger partial charge is 4.00 e. The fourth-order valence-electron chi connectivity index (χ4n) is 5.65. The first-order valence-corrected chi connectivity index (χ1v) is 15.2. The van der Waals surface area contributed by atoms with Gasteiger partial charge < -0.3 is 37.2 Å². The molecule has 206 valence electrons. The smallest absolute Gasteiger partial charge is 1.00 e. The normalized spacial score (nSPS) is 10.9. The second kappa shape index (κ2) is 15.7. The van der Waals surface area contributed by atoms with Gasteiger partial charge in [0.15, 0.2) is 0 Å². The van der Waals surface area contributed by atoms with Crippen LogP contribution in [0.3, 0.4) is 0 Å². The van der Waals surface area contributed by atoms with Crippen molar-refractivity contribution in [3.63, 3.8) is 0 Å². The van der Waals surface area contributed by atoms with Gasteiger partial charge in [-0.3, -0.25) is 0 Å². The van der Waals surface area contributed by atoms with Crippen molar-refractivity contribution >= 4 is 28.8 Å². The predicted octanol–water partition coefficient (Wildman–Crippen LogP) is -2.22. The standard InChI is InChI=1S/C34H41Si.3ClH.Ti/c1-23(2)28-12-9-15-31(20-28)35(34-26(7)18-19-27(34)8,32-16-10-13-29(21-32)24(3)4)33-17-11-14-30(22-33)25(5)6;;;;/h9-25H,1-8H3;3*1H;/q-1;;;;+4/p-3. The van der Waals surface area contributed by atoms with E-state index in [-0.39, 0.29) is 58.9 Å². The summed E-state index contributed by atoms with van der Waals surface area (Å²) >= 11 is 0. The van der Waals surface area contributed by atoms with Gasteiger partial charge in [0, 0.05) is 0 Å². The third kappa shape index (κ3) is 7.37. The molecule has 39 heavy (non-hydrogen) atoms. The molecule has 0 nitrogen and oxygen atoms in total. The molecule has 0 aliphatic rings. The molecule has 0 aliphatic heterocycles. The first-order valence-electron chi connectivity index (χ1n) is 13.2. The molecule has 4 aromatic rings. The van der Waals surface area contributed by atoms with Gasteiger partial charge in [0.2, 0.25) is 0 Å². The average Bonchev–Trinajstić information content (AvgIpc) is 3.18. The molecule has 0 atom stereocenters. The Morgan fingerprint density at radius 1 is 0.487 bits per heavy atom. The summed E-state index contributed by atoms with van der Waals surface area (Å²) in [5.41, 5.74) is 7.08. The number of rotatable bonds is 7. The maximum Gasteiger partial charge on any atom is 4.00 e. The van der Waals surface area contributed by atoms with E-state index in [0.29, 0.717) is 17.8 Å². The average molecular weight is 632 g/mol. The maximum atomic E-state index is 2.52. The van der Waals surface area contributed by atoms with Gasteiger partial charge in [0.25, 0.3) is 0 Å². The zero-order chi connectivity index (χ0) is 25.3. The zero-order valence-corrected chi connectivity index (χ0v) is 29.3. The van der Waals surface area contributed by atoms with Gasteiger partial charge in [-0.15, -0.1) is 5.19 Å². The summed E-state index contributed by atoms with van der Waals surface area (Å²) in [6.45, 7) is 18.5. The van der Waals surface area contributed by atoms with E-state index in [1.54, 1.807) is 5.19 Å². The van der Waals surface area contributed by atoms with Crippen LogP contribution in [0.5, 0.6) is 0 Å². The first kappa shape index (κ1) is 37.8. The molecule has 4 rings (SSSR count). The topological polar surface area (TPSA) is 0 Å². The summed E-state index contributed by atoms with van der Waals surface area (Å²) in [6, 6.07) is 33.2. The molecule has 4 aromatic carbocycles. The number of hydrogen-bond donors (Lipinski definition) is 0. The summed E-state index contributed by atoms with van der Waals surface area (Å²) in [6.07, 6.45) is 0. The first-order chi connectivity index (χ1) is 16.7. The van der Waals surface area contributed by atoms with Crippen LogP contribution < -0.4 is 58.0 Å². The molecule has 0 bridgehead atoms. The van der Waals surface area contributed by atoms with Gasteiger partial charge in [-0.25, -0.2) is 12.1 Å². The van der Waals surface area contributed by atoms with Crippen LogP contribution in [0.4, 0.5) is 0 Å². The zero-order valence-electron chi connectivity index (χ0n) is 24.4. The van der Waals surface area contributed by atoms with Crippen LogP contribution >= 0.6 is 0 Å². The van der Waals surface area contributed by atoms with Crippen LogP contribution in [0, 0.1) is 13.8 Å². The molecule has 0 amide bonds. The Kier molecular flexibility index (Phi) is 15.2. The van der Waals surface area contributed by atoms with Crippen LogP contribution in [-0.4, -0.2) is 8.07 Å². The van der Waals surface area contributed by atoms with E-state index in [4.69, 9.17) is 0 Å². The van der Waals surface area contributed by atoms with Gasteiger partial charge in [-0.05, 0) is 34.4 Å². The van der Waals surface area contributed by atoms with Crippen molar-refractivity contribution in [3.8, 4) is 0 Å². The second-order valence-corrected chi connectivity index (χ2v) is 14.9. The maximum absolute atomic E-state index is 2.57. The number of hydrogen-bond acceptors (Lipinski definition) is 0. The molecule has 5 heteroatoms. The third-order valence-electron chi connectivity index (χ3n) is 7.71. The minimum atomic E-state index is -2.57. The Balaban J connectivity index is 0.00000361. The van der Waals surface area contributed by atoms with Crippen molar-refractivity contribution in [3.05, 3.63) is 113 Å². The van der Waals surface area contributed by atoms with Crippen LogP contribution in [0.25, 0.3) is 0 Å². The Morgan fingerprint density at radius 3 is 1.03 bits per heavy atom. The van der Waals surface area contributed by atoms with Crippen molar-refractivity contribution in [2.24, 2.45) is 0 Å². The quantitative estimate of drug-likeness (QED) is 0.123. The van der Waals surface area contributed by atoms with E-state index in [2.05, 4.69) is 140 Å². The Labute approximate surface area is 271 Å². The molecule has 0 fully saturated rings. The van der Waals surface area contributed by atoms with Crippen molar-refractivity contribution < 1.29 is 58.9 Å². The van der Waals surface area contributed by atoms with E-state index in [9.17, 15) is 0 Å². The molecule has 0 aromatic heterocycles. The Bertz CT molecular complexity index is 1180. The van der Waals surface area contributed by atoms with Crippen molar-refractivity contribution in [2.75, 3.05) is 0 Å². The van der Waals surface area contributed by atoms with Gasteiger partial charge in [0.05, 0.1) is 0 Å². The fraction of sp³-hybridized carbons (Fsp3) is 0.324. The number of halogens is 3. The van der Waals surface area contributed by atoms with Crippen LogP contribution in [-0.2, 0) is 21.7 Å². The van der Waals surface area contributed by atoms with Crippen LogP contribution in [0.1, 0.15) is 87.1 Å². The SMILES string of the molecule is Cc1ccc(C)[c-]1[Si](c1cccc(C(C)C)c1)(c1cccc(C(C)C)c1)c1cccc(C(C)C)c1.[Cl-].[Cl-].[Cl-].[Ti+4]. The van der Waals surface area contributed by atoms with Gasteiger partial charge in [-0.2, -0.15) is 11.1 Å². The van der Waals surface area contributed by atoms with Gasteiger partial charge >= 0.3 is 21.7 Å². The van der Waals surface area contributed by atoms with E-state index in [1.807, 2.05) is 0 Å². The summed E-state index contributed by atoms with van der Waals surface area (Å²) in [5, 5.41) is 6.02. The van der Waals surface area contributed by atoms with E-state index in [0.717, 1.165) is 0 Å². The minimum Gasteiger partial charge on any atom is -1.00 e. The van der Waals surface area contributed by atoms with E-state index < -0.39 is 8.07 Å². The number of benzene rings is 3. The summed E-state index contributed by atoms with van der Waals surface area (Å²) < 4.78 is 0. The third-order valence-corrected chi connectivity index (χ3v) is 12.8. The summed E-state index contributed by atoms with van der Waals surface area (Å²) in [5.74, 6) is 1.48. The Hall–Kier alpha value is -1.19. The molecule has 0 unspecified atom stereocenters. The van der Waals surface area contributed by atoms with Crippen LogP contribution in [0.2, 0.25) is 0 Å². The van der Waals surface area contributed by atoms with Crippen molar-refractivity contribution in [2.45, 2.75) is 73.1 Å². The van der Waals surface area contributed by atoms with Gasteiger partial charge in [0.1, 0.15) is 8.07 Å². The van der Waals surface area contributed by atoms with E-state index in [1.165, 1.54) is 43.4 Å². The van der Waals surface area contributed by atoms with Gasteiger partial charge in [-0.1, -0.05) is 144 Å². The fourth-order valence-corrected chi connectivity index (χ4v) is 11.0. The van der Waals surface area contributed by atoms with Crippen molar-refractivity contribution in [1.82, 2.24) is 0 Å². The summed E-state index contributed by atoms with van der Waals surface area (Å²) in [7, 11) is -2.57. The molecule has 0 aliphatic carbocycles. The van der Waals surface area contributed by atoms with E-state index >= 15 is 0 Å². The molecule has 0 heterocycles. The number of aryl methyl sites for hydroxylation is 2. The molecule has 0 spiro atoms. The second-order valence-electron chi connectivity index (χ2n) is 11.2. The molecule has 0 saturated carbocycles. The summed E-state index contributed by atoms with van der Waals surface area (Å²) in [4.78, 5) is 0.